The average molecular weight is 176 g/mol. The monoisotopic (exact) mass is 176 g/mol. The fraction of sp³-hybridized carbons (Fsp3) is 1.00. The van der Waals surface area contributed by atoms with Gasteiger partial charge in [0.1, 0.15) is 0 Å². The fourth-order valence-corrected chi connectivity index (χ4v) is 0.910. The second-order valence-corrected chi connectivity index (χ2v) is 4.13. The molecule has 0 atom stereocenters. The Morgan fingerprint density at radius 1 is 1.08 bits per heavy atom. The minimum absolute atomic E-state index is 0.0472. The van der Waals surface area contributed by atoms with Crippen LogP contribution in [0.1, 0.15) is 20.8 Å². The summed E-state index contributed by atoms with van der Waals surface area (Å²) in [6.45, 7) is 6.46. The first-order valence-corrected chi connectivity index (χ1v) is 4.00. The van der Waals surface area contributed by atoms with Crippen molar-refractivity contribution >= 4 is 0 Å². The van der Waals surface area contributed by atoms with Crippen LogP contribution >= 0.6 is 0 Å². The molecule has 0 bridgehead atoms. The van der Waals surface area contributed by atoms with Crippen molar-refractivity contribution in [2.75, 3.05) is 13.2 Å². The Kier molecular flexibility index (Phi) is 2.45. The largest absolute Gasteiger partial charge is 0.364 e. The first-order chi connectivity index (χ1) is 5.36. The van der Waals surface area contributed by atoms with Gasteiger partial charge in [-0.3, -0.25) is 0 Å². The molecule has 0 spiro atoms. The lowest BCUT2D eigenvalue weighted by Gasteiger charge is -2.41. The van der Waals surface area contributed by atoms with E-state index in [2.05, 4.69) is 0 Å². The molecule has 1 aliphatic heterocycles. The van der Waals surface area contributed by atoms with E-state index in [1.807, 2.05) is 13.8 Å². The van der Waals surface area contributed by atoms with Crippen LogP contribution in [0.25, 0.3) is 0 Å². The summed E-state index contributed by atoms with van der Waals surface area (Å²) in [6, 6.07) is 0. The Balaban J connectivity index is 2.55. The van der Waals surface area contributed by atoms with Gasteiger partial charge in [-0.05, 0) is 6.92 Å². The van der Waals surface area contributed by atoms with Gasteiger partial charge >= 0.3 is 0 Å². The van der Waals surface area contributed by atoms with Gasteiger partial charge in [0, 0.05) is 5.41 Å². The van der Waals surface area contributed by atoms with Crippen molar-refractivity contribution in [3.8, 4) is 0 Å². The van der Waals surface area contributed by atoms with Gasteiger partial charge in [-0.2, -0.15) is 0 Å². The highest BCUT2D eigenvalue weighted by Gasteiger charge is 2.41. The first-order valence-electron chi connectivity index (χ1n) is 4.00. The maximum Gasteiger partial charge on any atom is 0.217 e. The molecule has 0 amide bonds. The smallest absolute Gasteiger partial charge is 0.217 e. The van der Waals surface area contributed by atoms with Crippen molar-refractivity contribution in [3.05, 3.63) is 0 Å². The Bertz CT molecular complexity index is 154. The third kappa shape index (κ3) is 1.95. The van der Waals surface area contributed by atoms with Gasteiger partial charge in [0.05, 0.1) is 13.2 Å². The van der Waals surface area contributed by atoms with Crippen molar-refractivity contribution in [2.24, 2.45) is 5.41 Å². The van der Waals surface area contributed by atoms with Crippen molar-refractivity contribution in [1.82, 2.24) is 0 Å². The lowest BCUT2D eigenvalue weighted by atomic mass is 9.95. The fourth-order valence-electron chi connectivity index (χ4n) is 0.910. The van der Waals surface area contributed by atoms with Crippen LogP contribution in [0, 0.1) is 5.41 Å². The molecule has 4 nitrogen and oxygen atoms in total. The number of hydrogen-bond acceptors (Lipinski definition) is 4. The summed E-state index contributed by atoms with van der Waals surface area (Å²) >= 11 is 0. The van der Waals surface area contributed by atoms with Gasteiger partial charge in [-0.25, -0.2) is 0 Å². The molecule has 0 saturated carbocycles. The van der Waals surface area contributed by atoms with Gasteiger partial charge in [0.25, 0.3) is 0 Å². The molecule has 4 heteroatoms. The highest BCUT2D eigenvalue weighted by Crippen LogP contribution is 2.30. The Morgan fingerprint density at radius 3 is 1.83 bits per heavy atom. The minimum atomic E-state index is -1.59. The molecule has 0 aliphatic carbocycles. The van der Waals surface area contributed by atoms with Crippen LogP contribution in [0.4, 0.5) is 0 Å². The van der Waals surface area contributed by atoms with Gasteiger partial charge in [-0.1, -0.05) is 13.8 Å². The van der Waals surface area contributed by atoms with Gasteiger partial charge in [0.15, 0.2) is 0 Å². The zero-order valence-electron chi connectivity index (χ0n) is 7.70. The molecule has 1 rings (SSSR count). The van der Waals surface area contributed by atoms with Crippen molar-refractivity contribution in [2.45, 2.75) is 32.8 Å². The molecule has 0 radical (unpaired) electrons. The van der Waals surface area contributed by atoms with Gasteiger partial charge < -0.3 is 19.7 Å². The quantitative estimate of drug-likeness (QED) is 0.556. The molecular weight excluding hydrogens is 160 g/mol. The predicted octanol–water partition coefficient (Wildman–Crippen LogP) is 0.0863. The third-order valence-electron chi connectivity index (χ3n) is 1.97. The standard InChI is InChI=1S/C8H16O4/c1-7(2)4-11-8(3,6(9)10)12-5-7/h6,9-10H,4-5H2,1-3H3. The van der Waals surface area contributed by atoms with E-state index in [1.165, 1.54) is 6.92 Å². The van der Waals surface area contributed by atoms with E-state index in [0.717, 1.165) is 0 Å². The van der Waals surface area contributed by atoms with E-state index in [0.29, 0.717) is 13.2 Å². The summed E-state index contributed by atoms with van der Waals surface area (Å²) in [4.78, 5) is 0. The summed E-state index contributed by atoms with van der Waals surface area (Å²) in [5.41, 5.74) is -0.0472. The lowest BCUT2D eigenvalue weighted by molar-refractivity contribution is -0.361. The topological polar surface area (TPSA) is 58.9 Å². The summed E-state index contributed by atoms with van der Waals surface area (Å²) in [7, 11) is 0. The predicted molar refractivity (Wildman–Crippen MR) is 42.3 cm³/mol. The van der Waals surface area contributed by atoms with E-state index in [4.69, 9.17) is 19.7 Å². The maximum absolute atomic E-state index is 8.91. The summed E-state index contributed by atoms with van der Waals surface area (Å²) in [6.07, 6.45) is -1.59. The lowest BCUT2D eigenvalue weighted by Crippen LogP contribution is -2.52. The average Bonchev–Trinajstić information content (AvgIpc) is 1.96. The van der Waals surface area contributed by atoms with E-state index < -0.39 is 12.1 Å². The molecule has 12 heavy (non-hydrogen) atoms. The van der Waals surface area contributed by atoms with Crippen LogP contribution in [-0.4, -0.2) is 35.5 Å². The van der Waals surface area contributed by atoms with Gasteiger partial charge in [0.2, 0.25) is 12.1 Å². The molecule has 0 aromatic rings. The summed E-state index contributed by atoms with van der Waals surface area (Å²) in [5, 5.41) is 17.8. The molecule has 0 unspecified atom stereocenters. The summed E-state index contributed by atoms with van der Waals surface area (Å²) < 4.78 is 10.4. The molecule has 1 saturated heterocycles. The first kappa shape index (κ1) is 9.92. The van der Waals surface area contributed by atoms with Crippen molar-refractivity contribution in [1.29, 1.82) is 0 Å². The second kappa shape index (κ2) is 2.96. The minimum Gasteiger partial charge on any atom is -0.364 e. The molecular formula is C8H16O4. The highest BCUT2D eigenvalue weighted by atomic mass is 16.7. The zero-order valence-corrected chi connectivity index (χ0v) is 7.70. The van der Waals surface area contributed by atoms with E-state index >= 15 is 0 Å². The number of aliphatic hydroxyl groups is 2. The molecule has 1 aliphatic rings. The van der Waals surface area contributed by atoms with Crippen LogP contribution < -0.4 is 0 Å². The molecule has 72 valence electrons. The van der Waals surface area contributed by atoms with E-state index in [1.54, 1.807) is 0 Å². The Morgan fingerprint density at radius 2 is 1.50 bits per heavy atom. The van der Waals surface area contributed by atoms with E-state index in [9.17, 15) is 0 Å². The number of aliphatic hydroxyl groups excluding tert-OH is 1. The second-order valence-electron chi connectivity index (χ2n) is 4.13. The van der Waals surface area contributed by atoms with Crippen LogP contribution in [0.3, 0.4) is 0 Å². The maximum atomic E-state index is 8.91. The van der Waals surface area contributed by atoms with Gasteiger partial charge in [-0.15, -0.1) is 0 Å². The number of hydrogen-bond donors (Lipinski definition) is 2. The zero-order chi connectivity index (χ0) is 9.41. The van der Waals surface area contributed by atoms with E-state index in [-0.39, 0.29) is 5.41 Å². The Hall–Kier alpha value is -0.160. The molecule has 1 fully saturated rings. The SMILES string of the molecule is CC1(C)COC(C)(C(O)O)OC1. The number of rotatable bonds is 1. The molecule has 2 N–H and O–H groups in total. The van der Waals surface area contributed by atoms with Crippen LogP contribution in [-0.2, 0) is 9.47 Å². The molecule has 1 heterocycles. The number of ether oxygens (including phenoxy) is 2. The normalized spacial score (nSPS) is 27.5. The van der Waals surface area contributed by atoms with Crippen LogP contribution in [0.15, 0.2) is 0 Å². The summed E-state index contributed by atoms with van der Waals surface area (Å²) in [5.74, 6) is -1.25. The van der Waals surface area contributed by atoms with Crippen LogP contribution in [0.2, 0.25) is 0 Å². The molecule has 0 aromatic carbocycles. The third-order valence-corrected chi connectivity index (χ3v) is 1.97. The van der Waals surface area contributed by atoms with Crippen molar-refractivity contribution < 1.29 is 19.7 Å². The van der Waals surface area contributed by atoms with Crippen LogP contribution in [0.5, 0.6) is 0 Å². The Labute approximate surface area is 72.1 Å². The molecule has 0 aromatic heterocycles. The highest BCUT2D eigenvalue weighted by molar-refractivity contribution is 4.78. The van der Waals surface area contributed by atoms with Crippen molar-refractivity contribution in [3.63, 3.8) is 0 Å².